The van der Waals surface area contributed by atoms with Crippen molar-refractivity contribution >= 4 is 22.0 Å². The molecular weight excluding hydrogens is 444 g/mol. The monoisotopic (exact) mass is 474 g/mol. The molecule has 5 nitrogen and oxygen atoms in total. The zero-order chi connectivity index (χ0) is 21.6. The fraction of sp³-hybridized carbons (Fsp3) is 0.458. The second kappa shape index (κ2) is 10.3. The average Bonchev–Trinajstić information content (AvgIpc) is 2.69. The van der Waals surface area contributed by atoms with Gasteiger partial charge in [-0.1, -0.05) is 24.3 Å². The Morgan fingerprint density at radius 2 is 1.77 bits per heavy atom. The van der Waals surface area contributed by atoms with E-state index in [1.807, 2.05) is 62.1 Å². The van der Waals surface area contributed by atoms with Crippen molar-refractivity contribution in [2.24, 2.45) is 0 Å². The number of benzene rings is 2. The van der Waals surface area contributed by atoms with Gasteiger partial charge in [0.15, 0.2) is 0 Å². The maximum Gasteiger partial charge on any atom is 0.410 e. The maximum absolute atomic E-state index is 12.2. The molecule has 30 heavy (non-hydrogen) atoms. The third kappa shape index (κ3) is 7.03. The minimum Gasteiger partial charge on any atom is -0.456 e. The molecule has 3 rings (SSSR count). The number of amides is 1. The largest absolute Gasteiger partial charge is 0.456 e. The highest BCUT2D eigenvalue weighted by atomic mass is 79.9. The summed E-state index contributed by atoms with van der Waals surface area (Å²) in [7, 11) is 0. The highest BCUT2D eigenvalue weighted by molar-refractivity contribution is 9.10. The predicted octanol–water partition coefficient (Wildman–Crippen LogP) is 5.73. The number of nitrogens with zero attached hydrogens (tertiary/aromatic N) is 2. The third-order valence-corrected chi connectivity index (χ3v) is 5.58. The molecule has 0 aromatic heterocycles. The predicted molar refractivity (Wildman–Crippen MR) is 123 cm³/mol. The molecule has 0 bridgehead atoms. The molecule has 0 spiro atoms. The summed E-state index contributed by atoms with van der Waals surface area (Å²) in [5.74, 6) is 1.67. The van der Waals surface area contributed by atoms with Crippen LogP contribution in [0.4, 0.5) is 4.79 Å². The first-order valence-corrected chi connectivity index (χ1v) is 11.3. The summed E-state index contributed by atoms with van der Waals surface area (Å²) >= 11 is 3.52. The Balaban J connectivity index is 1.42. The Morgan fingerprint density at radius 3 is 2.47 bits per heavy atom. The van der Waals surface area contributed by atoms with Crippen molar-refractivity contribution in [1.82, 2.24) is 9.80 Å². The minimum absolute atomic E-state index is 0.205. The number of ether oxygens (including phenoxy) is 2. The van der Waals surface area contributed by atoms with E-state index in [0.717, 1.165) is 61.5 Å². The van der Waals surface area contributed by atoms with Gasteiger partial charge in [0.05, 0.1) is 4.47 Å². The molecule has 1 fully saturated rings. The van der Waals surface area contributed by atoms with Gasteiger partial charge in [-0.05, 0) is 85.9 Å². The van der Waals surface area contributed by atoms with Crippen LogP contribution in [0.2, 0.25) is 0 Å². The number of hydrogen-bond acceptors (Lipinski definition) is 4. The highest BCUT2D eigenvalue weighted by Crippen LogP contribution is 2.29. The lowest BCUT2D eigenvalue weighted by atomic mass is 10.1. The van der Waals surface area contributed by atoms with Crippen molar-refractivity contribution in [1.29, 1.82) is 0 Å². The Labute approximate surface area is 188 Å². The molecule has 1 heterocycles. The summed E-state index contributed by atoms with van der Waals surface area (Å²) in [6, 6.07) is 16.1. The normalized spacial score (nSPS) is 15.1. The Bertz CT molecular complexity index is 842. The van der Waals surface area contributed by atoms with Crippen LogP contribution >= 0.6 is 15.9 Å². The second-order valence-electron chi connectivity index (χ2n) is 8.59. The van der Waals surface area contributed by atoms with E-state index in [1.165, 1.54) is 5.56 Å². The number of aryl methyl sites for hydroxylation is 1. The van der Waals surface area contributed by atoms with E-state index < -0.39 is 5.60 Å². The topological polar surface area (TPSA) is 42.0 Å². The van der Waals surface area contributed by atoms with Crippen molar-refractivity contribution in [3.05, 3.63) is 58.6 Å². The smallest absolute Gasteiger partial charge is 0.410 e. The van der Waals surface area contributed by atoms with Crippen LogP contribution in [0, 0.1) is 0 Å². The first kappa shape index (κ1) is 22.6. The van der Waals surface area contributed by atoms with Gasteiger partial charge in [-0.25, -0.2) is 4.79 Å². The number of piperazine rings is 1. The maximum atomic E-state index is 12.2. The van der Waals surface area contributed by atoms with E-state index in [9.17, 15) is 4.79 Å². The Kier molecular flexibility index (Phi) is 7.78. The molecule has 2 aromatic carbocycles. The van der Waals surface area contributed by atoms with Crippen LogP contribution in [0.1, 0.15) is 32.8 Å². The first-order valence-electron chi connectivity index (χ1n) is 10.5. The summed E-state index contributed by atoms with van der Waals surface area (Å²) in [6.07, 6.45) is 1.87. The van der Waals surface area contributed by atoms with E-state index in [4.69, 9.17) is 9.47 Å². The highest BCUT2D eigenvalue weighted by Gasteiger charge is 2.25. The van der Waals surface area contributed by atoms with Crippen molar-refractivity contribution < 1.29 is 14.3 Å². The summed E-state index contributed by atoms with van der Waals surface area (Å²) in [6.45, 7) is 9.97. The number of hydrogen-bond donors (Lipinski definition) is 0. The average molecular weight is 475 g/mol. The first-order chi connectivity index (χ1) is 14.3. The number of rotatable bonds is 6. The lowest BCUT2D eigenvalue weighted by Gasteiger charge is -2.35. The van der Waals surface area contributed by atoms with Gasteiger partial charge in [0.2, 0.25) is 0 Å². The lowest BCUT2D eigenvalue weighted by molar-refractivity contribution is 0.0145. The molecule has 1 aliphatic heterocycles. The molecule has 0 atom stereocenters. The van der Waals surface area contributed by atoms with Gasteiger partial charge in [-0.2, -0.15) is 0 Å². The van der Waals surface area contributed by atoms with Crippen molar-refractivity contribution in [3.8, 4) is 11.5 Å². The minimum atomic E-state index is -0.441. The van der Waals surface area contributed by atoms with Gasteiger partial charge in [0.1, 0.15) is 17.1 Å². The van der Waals surface area contributed by atoms with Crippen LogP contribution in [-0.4, -0.2) is 54.2 Å². The second-order valence-corrected chi connectivity index (χ2v) is 9.45. The van der Waals surface area contributed by atoms with Crippen LogP contribution in [0.15, 0.2) is 53.0 Å². The zero-order valence-electron chi connectivity index (χ0n) is 18.1. The summed E-state index contributed by atoms with van der Waals surface area (Å²) < 4.78 is 12.4. The number of carbonyl (C=O) groups is 1. The van der Waals surface area contributed by atoms with Gasteiger partial charge in [-0.15, -0.1) is 0 Å². The van der Waals surface area contributed by atoms with Crippen LogP contribution in [0.5, 0.6) is 11.5 Å². The third-order valence-electron chi connectivity index (χ3n) is 4.93. The number of halogens is 1. The molecule has 0 saturated carbocycles. The number of para-hydroxylation sites is 1. The van der Waals surface area contributed by atoms with E-state index in [1.54, 1.807) is 0 Å². The van der Waals surface area contributed by atoms with Crippen molar-refractivity contribution in [2.75, 3.05) is 32.7 Å². The molecule has 162 valence electrons. The molecule has 0 unspecified atom stereocenters. The molecular formula is C24H31BrN2O3. The van der Waals surface area contributed by atoms with Gasteiger partial charge in [0.25, 0.3) is 0 Å². The molecule has 0 radical (unpaired) electrons. The summed E-state index contributed by atoms with van der Waals surface area (Å²) in [5, 5.41) is 0. The van der Waals surface area contributed by atoms with Crippen molar-refractivity contribution in [2.45, 2.75) is 39.2 Å². The molecule has 6 heteroatoms. The molecule has 0 N–H and O–H groups in total. The van der Waals surface area contributed by atoms with Gasteiger partial charge < -0.3 is 14.4 Å². The van der Waals surface area contributed by atoms with E-state index in [2.05, 4.69) is 33.0 Å². The van der Waals surface area contributed by atoms with E-state index in [-0.39, 0.29) is 6.09 Å². The van der Waals surface area contributed by atoms with E-state index in [0.29, 0.717) is 0 Å². The summed E-state index contributed by atoms with van der Waals surface area (Å²) in [5.41, 5.74) is 0.829. The molecule has 0 aliphatic carbocycles. The zero-order valence-corrected chi connectivity index (χ0v) is 19.7. The van der Waals surface area contributed by atoms with Gasteiger partial charge in [-0.3, -0.25) is 4.90 Å². The van der Waals surface area contributed by atoms with Crippen LogP contribution in [0.25, 0.3) is 0 Å². The molecule has 1 amide bonds. The fourth-order valence-electron chi connectivity index (χ4n) is 3.41. The molecule has 2 aromatic rings. The van der Waals surface area contributed by atoms with Crippen LogP contribution < -0.4 is 4.74 Å². The molecule has 1 saturated heterocycles. The van der Waals surface area contributed by atoms with Crippen molar-refractivity contribution in [3.63, 3.8) is 0 Å². The Morgan fingerprint density at radius 1 is 1.03 bits per heavy atom. The van der Waals surface area contributed by atoms with E-state index >= 15 is 0 Å². The number of carbonyl (C=O) groups excluding carboxylic acids is 1. The SMILES string of the molecule is CC(C)(C)OC(=O)N1CCN(CCCc2cccc(Oc3ccccc3Br)c2)CC1. The molecule has 1 aliphatic rings. The fourth-order valence-corrected chi connectivity index (χ4v) is 3.77. The Hall–Kier alpha value is -2.05. The quantitative estimate of drug-likeness (QED) is 0.536. The van der Waals surface area contributed by atoms with Gasteiger partial charge >= 0.3 is 6.09 Å². The lowest BCUT2D eigenvalue weighted by Crippen LogP contribution is -2.50. The van der Waals surface area contributed by atoms with Crippen LogP contribution in [-0.2, 0) is 11.2 Å². The van der Waals surface area contributed by atoms with Crippen LogP contribution in [0.3, 0.4) is 0 Å². The standard InChI is InChI=1S/C24H31BrN2O3/c1-24(2,3)30-23(28)27-16-14-26(15-17-27)13-7-9-19-8-6-10-20(18-19)29-22-12-5-4-11-21(22)25/h4-6,8,10-12,18H,7,9,13-17H2,1-3H3. The summed E-state index contributed by atoms with van der Waals surface area (Å²) in [4.78, 5) is 16.4. The van der Waals surface area contributed by atoms with Gasteiger partial charge in [0, 0.05) is 26.2 Å².